The molecule has 0 aliphatic heterocycles. The number of primary amides is 1. The van der Waals surface area contributed by atoms with E-state index in [1.54, 1.807) is 5.38 Å². The van der Waals surface area contributed by atoms with Crippen LogP contribution in [0.1, 0.15) is 17.4 Å². The predicted octanol–water partition coefficient (Wildman–Crippen LogP) is 0.200. The van der Waals surface area contributed by atoms with E-state index in [4.69, 9.17) is 5.73 Å². The first-order valence-corrected chi connectivity index (χ1v) is 3.96. The molecule has 0 saturated carbocycles. The van der Waals surface area contributed by atoms with Crippen molar-refractivity contribution in [3.05, 3.63) is 11.1 Å². The van der Waals surface area contributed by atoms with Crippen LogP contribution >= 0.6 is 11.5 Å². The maximum Gasteiger partial charge on any atom is 0.270 e. The van der Waals surface area contributed by atoms with Gasteiger partial charge in [0.1, 0.15) is 0 Å². The Morgan fingerprint density at radius 3 is 2.83 bits per heavy atom. The summed E-state index contributed by atoms with van der Waals surface area (Å²) in [7, 11) is 0. The molecule has 0 aliphatic carbocycles. The minimum atomic E-state index is -0.639. The molecule has 2 amide bonds. The first-order chi connectivity index (χ1) is 5.61. The van der Waals surface area contributed by atoms with Gasteiger partial charge in [-0.05, 0) is 11.5 Å². The number of anilines is 1. The second-order valence-electron chi connectivity index (χ2n) is 2.12. The fraction of sp³-hybridized carbons (Fsp3) is 0.167. The quantitative estimate of drug-likeness (QED) is 0.690. The van der Waals surface area contributed by atoms with Crippen molar-refractivity contribution in [1.82, 2.24) is 4.37 Å². The number of carbonyl (C=O) groups excluding carboxylic acids is 2. The van der Waals surface area contributed by atoms with Crippen LogP contribution in [0.2, 0.25) is 0 Å². The molecule has 0 radical (unpaired) electrons. The van der Waals surface area contributed by atoms with Gasteiger partial charge in [-0.1, -0.05) is 0 Å². The van der Waals surface area contributed by atoms with Gasteiger partial charge in [0.2, 0.25) is 5.91 Å². The molecule has 0 aliphatic rings. The number of carbonyl (C=O) groups is 2. The van der Waals surface area contributed by atoms with Gasteiger partial charge in [0.05, 0.1) is 5.69 Å². The molecule has 12 heavy (non-hydrogen) atoms. The fourth-order valence-corrected chi connectivity index (χ4v) is 1.32. The first kappa shape index (κ1) is 8.66. The van der Waals surface area contributed by atoms with Gasteiger partial charge >= 0.3 is 0 Å². The summed E-state index contributed by atoms with van der Waals surface area (Å²) in [6.07, 6.45) is 0. The summed E-state index contributed by atoms with van der Waals surface area (Å²) in [4.78, 5) is 21.3. The Morgan fingerprint density at radius 2 is 2.33 bits per heavy atom. The Bertz CT molecular complexity index is 320. The summed E-state index contributed by atoms with van der Waals surface area (Å²) < 4.78 is 3.72. The zero-order valence-electron chi connectivity index (χ0n) is 6.33. The lowest BCUT2D eigenvalue weighted by atomic mass is 10.3. The van der Waals surface area contributed by atoms with Gasteiger partial charge in [0.25, 0.3) is 5.91 Å². The van der Waals surface area contributed by atoms with Gasteiger partial charge in [-0.3, -0.25) is 9.59 Å². The third kappa shape index (κ3) is 1.79. The van der Waals surface area contributed by atoms with Crippen LogP contribution in [0.25, 0.3) is 0 Å². The molecule has 0 fully saturated rings. The zero-order valence-corrected chi connectivity index (χ0v) is 7.14. The van der Waals surface area contributed by atoms with Gasteiger partial charge in [0, 0.05) is 12.3 Å². The lowest BCUT2D eigenvalue weighted by Crippen LogP contribution is -2.15. The molecule has 0 bridgehead atoms. The van der Waals surface area contributed by atoms with Crippen LogP contribution in [-0.4, -0.2) is 16.2 Å². The summed E-state index contributed by atoms with van der Waals surface area (Å²) in [6.45, 7) is 1.35. The summed E-state index contributed by atoms with van der Waals surface area (Å²) >= 11 is 1.07. The van der Waals surface area contributed by atoms with Gasteiger partial charge < -0.3 is 11.1 Å². The summed E-state index contributed by atoms with van der Waals surface area (Å²) in [5.41, 5.74) is 5.47. The van der Waals surface area contributed by atoms with Crippen molar-refractivity contribution >= 4 is 29.0 Å². The van der Waals surface area contributed by atoms with Gasteiger partial charge in [-0.2, -0.15) is 4.37 Å². The van der Waals surface area contributed by atoms with Crippen molar-refractivity contribution in [3.8, 4) is 0 Å². The molecule has 0 saturated heterocycles. The highest BCUT2D eigenvalue weighted by atomic mass is 32.1. The minimum absolute atomic E-state index is 0.107. The zero-order chi connectivity index (χ0) is 9.14. The third-order valence-corrected chi connectivity index (χ3v) is 1.74. The monoisotopic (exact) mass is 185 g/mol. The SMILES string of the molecule is CC(=O)Nc1csnc1C(N)=O. The molecule has 64 valence electrons. The van der Waals surface area contributed by atoms with E-state index in [1.807, 2.05) is 0 Å². The largest absolute Gasteiger partial charge is 0.364 e. The molecule has 3 N–H and O–H groups in total. The topological polar surface area (TPSA) is 85.1 Å². The molecule has 1 aromatic rings. The second-order valence-corrected chi connectivity index (χ2v) is 2.75. The highest BCUT2D eigenvalue weighted by molar-refractivity contribution is 7.04. The van der Waals surface area contributed by atoms with E-state index in [0.29, 0.717) is 5.69 Å². The molecule has 0 aromatic carbocycles. The van der Waals surface area contributed by atoms with Crippen LogP contribution in [0.4, 0.5) is 5.69 Å². The van der Waals surface area contributed by atoms with E-state index in [-0.39, 0.29) is 11.6 Å². The van der Waals surface area contributed by atoms with E-state index in [0.717, 1.165) is 11.5 Å². The van der Waals surface area contributed by atoms with Crippen molar-refractivity contribution in [2.24, 2.45) is 5.73 Å². The molecule has 0 spiro atoms. The van der Waals surface area contributed by atoms with Crippen molar-refractivity contribution in [1.29, 1.82) is 0 Å². The maximum atomic E-state index is 10.7. The van der Waals surface area contributed by atoms with Crippen LogP contribution in [0, 0.1) is 0 Å². The van der Waals surface area contributed by atoms with Crippen LogP contribution < -0.4 is 11.1 Å². The molecule has 0 atom stereocenters. The molecular weight excluding hydrogens is 178 g/mol. The van der Waals surface area contributed by atoms with Gasteiger partial charge in [-0.25, -0.2) is 0 Å². The number of aromatic nitrogens is 1. The van der Waals surface area contributed by atoms with Crippen LogP contribution in [0.15, 0.2) is 5.38 Å². The molecule has 1 heterocycles. The molecule has 1 rings (SSSR count). The van der Waals surface area contributed by atoms with Crippen molar-refractivity contribution < 1.29 is 9.59 Å². The minimum Gasteiger partial charge on any atom is -0.364 e. The van der Waals surface area contributed by atoms with Crippen molar-refractivity contribution in [2.75, 3.05) is 5.32 Å². The smallest absolute Gasteiger partial charge is 0.270 e. The third-order valence-electron chi connectivity index (χ3n) is 1.11. The normalized spacial score (nSPS) is 9.42. The first-order valence-electron chi connectivity index (χ1n) is 3.13. The lowest BCUT2D eigenvalue weighted by Gasteiger charge is -1.97. The number of hydrogen-bond donors (Lipinski definition) is 2. The predicted molar refractivity (Wildman–Crippen MR) is 44.9 cm³/mol. The van der Waals surface area contributed by atoms with E-state index in [9.17, 15) is 9.59 Å². The molecule has 1 aromatic heterocycles. The van der Waals surface area contributed by atoms with Crippen LogP contribution in [-0.2, 0) is 4.79 Å². The number of nitrogens with one attached hydrogen (secondary N) is 1. The molecule has 0 unspecified atom stereocenters. The number of nitrogens with zero attached hydrogens (tertiary/aromatic N) is 1. The summed E-state index contributed by atoms with van der Waals surface area (Å²) in [6, 6.07) is 0. The van der Waals surface area contributed by atoms with Crippen molar-refractivity contribution in [2.45, 2.75) is 6.92 Å². The fourth-order valence-electron chi connectivity index (χ4n) is 0.693. The molecule has 6 heteroatoms. The van der Waals surface area contributed by atoms with Gasteiger partial charge in [0.15, 0.2) is 5.69 Å². The van der Waals surface area contributed by atoms with Crippen LogP contribution in [0.5, 0.6) is 0 Å². The van der Waals surface area contributed by atoms with Crippen LogP contribution in [0.3, 0.4) is 0 Å². The Hall–Kier alpha value is -1.43. The Balaban J connectivity index is 2.91. The lowest BCUT2D eigenvalue weighted by molar-refractivity contribution is -0.114. The molecule has 5 nitrogen and oxygen atoms in total. The number of rotatable bonds is 2. The average molecular weight is 185 g/mol. The highest BCUT2D eigenvalue weighted by Gasteiger charge is 2.11. The maximum absolute atomic E-state index is 10.7. The Morgan fingerprint density at radius 1 is 1.67 bits per heavy atom. The van der Waals surface area contributed by atoms with E-state index in [2.05, 4.69) is 9.69 Å². The Labute approximate surface area is 72.7 Å². The number of nitrogens with two attached hydrogens (primary N) is 1. The number of hydrogen-bond acceptors (Lipinski definition) is 4. The highest BCUT2D eigenvalue weighted by Crippen LogP contribution is 2.15. The number of amides is 2. The molecular formula is C6H7N3O2S. The summed E-state index contributed by atoms with van der Waals surface area (Å²) in [5, 5.41) is 4.00. The summed E-state index contributed by atoms with van der Waals surface area (Å²) in [5.74, 6) is -0.891. The average Bonchev–Trinajstić information content (AvgIpc) is 2.33. The van der Waals surface area contributed by atoms with Gasteiger partial charge in [-0.15, -0.1) is 0 Å². The van der Waals surface area contributed by atoms with Crippen molar-refractivity contribution in [3.63, 3.8) is 0 Å². The Kier molecular flexibility index (Phi) is 2.39. The standard InChI is InChI=1S/C6H7N3O2S/c1-3(10)8-4-2-12-9-5(4)6(7)11/h2H,1H3,(H2,7,11)(H,8,10). The van der Waals surface area contributed by atoms with E-state index in [1.165, 1.54) is 6.92 Å². The second kappa shape index (κ2) is 3.31. The van der Waals surface area contributed by atoms with E-state index < -0.39 is 5.91 Å². The van der Waals surface area contributed by atoms with E-state index >= 15 is 0 Å².